The highest BCUT2D eigenvalue weighted by Crippen LogP contribution is 2.56. The molecule has 7 rings (SSSR count). The summed E-state index contributed by atoms with van der Waals surface area (Å²) >= 11 is 6.02. The Kier molecular flexibility index (Phi) is 5.11. The third-order valence-corrected chi connectivity index (χ3v) is 8.72. The monoisotopic (exact) mass is 555 g/mol. The molecule has 4 aromatic rings. The molecule has 0 aliphatic carbocycles. The molecule has 4 heterocycles. The molecular formula is C29H22ClN5O5. The van der Waals surface area contributed by atoms with Gasteiger partial charge in [0.1, 0.15) is 16.4 Å². The molecule has 3 aliphatic rings. The molecule has 200 valence electrons. The van der Waals surface area contributed by atoms with Crippen molar-refractivity contribution < 1.29 is 14.5 Å². The summed E-state index contributed by atoms with van der Waals surface area (Å²) in [6.45, 7) is 3.92. The zero-order valence-electron chi connectivity index (χ0n) is 21.4. The Bertz CT molecular complexity index is 1870. The van der Waals surface area contributed by atoms with Crippen molar-refractivity contribution >= 4 is 45.7 Å². The van der Waals surface area contributed by atoms with E-state index in [2.05, 4.69) is 5.32 Å². The summed E-state index contributed by atoms with van der Waals surface area (Å²) in [7, 11) is 0. The first kappa shape index (κ1) is 24.6. The lowest BCUT2D eigenvalue weighted by atomic mass is 9.75. The van der Waals surface area contributed by atoms with Gasteiger partial charge in [-0.05, 0) is 36.2 Å². The van der Waals surface area contributed by atoms with Crippen molar-refractivity contribution in [2.45, 2.75) is 25.4 Å². The third-order valence-electron chi connectivity index (χ3n) is 8.40. The van der Waals surface area contributed by atoms with E-state index in [0.29, 0.717) is 28.0 Å². The van der Waals surface area contributed by atoms with Crippen LogP contribution in [0.2, 0.25) is 5.02 Å². The van der Waals surface area contributed by atoms with E-state index in [1.165, 1.54) is 16.7 Å². The summed E-state index contributed by atoms with van der Waals surface area (Å²) in [6.07, 6.45) is 0. The molecule has 4 atom stereocenters. The summed E-state index contributed by atoms with van der Waals surface area (Å²) in [5, 5.41) is 15.6. The van der Waals surface area contributed by atoms with Gasteiger partial charge in [0.25, 0.3) is 11.2 Å². The summed E-state index contributed by atoms with van der Waals surface area (Å²) in [6, 6.07) is 17.8. The van der Waals surface area contributed by atoms with Crippen LogP contribution in [0.5, 0.6) is 0 Å². The van der Waals surface area contributed by atoms with Crippen LogP contribution in [0.15, 0.2) is 71.5 Å². The summed E-state index contributed by atoms with van der Waals surface area (Å²) in [5.41, 5.74) is -0.110. The quantitative estimate of drug-likeness (QED) is 0.230. The second-order valence-electron chi connectivity index (χ2n) is 10.7. The number of fused-ring (bicyclic) bond motifs is 8. The lowest BCUT2D eigenvalue weighted by molar-refractivity contribution is -0.384. The predicted octanol–water partition coefficient (Wildman–Crippen LogP) is 3.94. The fourth-order valence-electron chi connectivity index (χ4n) is 6.76. The van der Waals surface area contributed by atoms with Crippen molar-refractivity contribution in [3.8, 4) is 5.69 Å². The van der Waals surface area contributed by atoms with Crippen LogP contribution in [0.3, 0.4) is 0 Å². The zero-order valence-corrected chi connectivity index (χ0v) is 22.1. The molecule has 2 unspecified atom stereocenters. The number of carbonyl (C=O) groups is 2. The number of amides is 2. The minimum atomic E-state index is -1.28. The predicted molar refractivity (Wildman–Crippen MR) is 147 cm³/mol. The van der Waals surface area contributed by atoms with E-state index >= 15 is 0 Å². The average Bonchev–Trinajstić information content (AvgIpc) is 3.53. The molecule has 11 heteroatoms. The molecule has 3 aliphatic heterocycles. The highest BCUT2D eigenvalue weighted by molar-refractivity contribution is 6.33. The van der Waals surface area contributed by atoms with E-state index in [1.807, 2.05) is 38.1 Å². The number of nitrogens with zero attached hydrogens (tertiary/aromatic N) is 4. The topological polar surface area (TPSA) is 127 Å². The normalized spacial score (nSPS) is 24.7. The molecule has 0 saturated carbocycles. The second kappa shape index (κ2) is 8.30. The number of para-hydroxylation sites is 2. The molecule has 2 fully saturated rings. The van der Waals surface area contributed by atoms with Gasteiger partial charge in [0.2, 0.25) is 11.8 Å². The minimum absolute atomic E-state index is 0.0727. The molecular weight excluding hydrogens is 534 g/mol. The van der Waals surface area contributed by atoms with Crippen molar-refractivity contribution in [1.29, 1.82) is 0 Å². The maximum absolute atomic E-state index is 14.4. The minimum Gasteiger partial charge on any atom is -0.296 e. The van der Waals surface area contributed by atoms with E-state index in [9.17, 15) is 24.5 Å². The van der Waals surface area contributed by atoms with Gasteiger partial charge in [-0.3, -0.25) is 34.4 Å². The Morgan fingerprint density at radius 1 is 1.02 bits per heavy atom. The van der Waals surface area contributed by atoms with Crippen molar-refractivity contribution in [3.05, 3.63) is 104 Å². The largest absolute Gasteiger partial charge is 0.296 e. The average molecular weight is 556 g/mol. The second-order valence-corrected chi connectivity index (χ2v) is 11.1. The number of nitro benzene ring substituents is 1. The van der Waals surface area contributed by atoms with Crippen LogP contribution < -0.4 is 15.8 Å². The van der Waals surface area contributed by atoms with Gasteiger partial charge in [0, 0.05) is 17.7 Å². The van der Waals surface area contributed by atoms with Crippen LogP contribution in [-0.4, -0.2) is 32.3 Å². The number of hydrogen-bond donors (Lipinski definition) is 1. The Hall–Kier alpha value is -4.41. The van der Waals surface area contributed by atoms with E-state index in [4.69, 9.17) is 16.6 Å². The van der Waals surface area contributed by atoms with Gasteiger partial charge in [-0.2, -0.15) is 0 Å². The standard InChI is InChI=1S/C29H22ClN5O5/c1-14(2)24-22-23(27(38)33(26(22)37)15-11-12-18(30)21(13-15)35(39)40)29(32-24)17-8-4-6-10-20(17)34-25(36)16-7-3-5-9-19(16)31-28(29)34/h3-14,22-24,32H,1-2H3/t22-,23-,24?,29?/m1/s1. The smallest absolute Gasteiger partial charge is 0.289 e. The first-order valence-corrected chi connectivity index (χ1v) is 13.3. The van der Waals surface area contributed by atoms with Crippen LogP contribution in [-0.2, 0) is 15.1 Å². The SMILES string of the molecule is CC(C)C1NC2(c3ccccc3-n3c2nc2ccccc2c3=O)[C@H]2C(=O)N(c3ccc(Cl)c([N+](=O)[O-])c3)C(=O)[C@@H]12. The number of imide groups is 1. The Morgan fingerprint density at radius 2 is 1.75 bits per heavy atom. The number of anilines is 1. The van der Waals surface area contributed by atoms with Gasteiger partial charge in [-0.25, -0.2) is 9.88 Å². The van der Waals surface area contributed by atoms with E-state index in [1.54, 1.807) is 24.3 Å². The lowest BCUT2D eigenvalue weighted by Crippen LogP contribution is -2.51. The van der Waals surface area contributed by atoms with Gasteiger partial charge in [-0.1, -0.05) is 55.8 Å². The summed E-state index contributed by atoms with van der Waals surface area (Å²) in [4.78, 5) is 59.3. The summed E-state index contributed by atoms with van der Waals surface area (Å²) < 4.78 is 1.54. The third kappa shape index (κ3) is 2.97. The number of carbonyl (C=O) groups excluding carboxylic acids is 2. The molecule has 2 saturated heterocycles. The van der Waals surface area contributed by atoms with Gasteiger partial charge in [0.05, 0.1) is 39.0 Å². The number of nitro groups is 1. The maximum atomic E-state index is 14.4. The zero-order chi connectivity index (χ0) is 28.1. The maximum Gasteiger partial charge on any atom is 0.289 e. The number of nitrogens with one attached hydrogen (secondary N) is 1. The number of aromatic nitrogens is 2. The van der Waals surface area contributed by atoms with Crippen LogP contribution in [0, 0.1) is 27.9 Å². The fraction of sp³-hybridized carbons (Fsp3) is 0.241. The first-order valence-electron chi connectivity index (χ1n) is 12.9. The van der Waals surface area contributed by atoms with E-state index < -0.39 is 45.8 Å². The summed E-state index contributed by atoms with van der Waals surface area (Å²) in [5.74, 6) is -2.46. The Labute approximate surface area is 232 Å². The molecule has 1 spiro atoms. The molecule has 2 amide bonds. The van der Waals surface area contributed by atoms with Crippen LogP contribution >= 0.6 is 11.6 Å². The molecule has 10 nitrogen and oxygen atoms in total. The molecule has 3 aromatic carbocycles. The van der Waals surface area contributed by atoms with E-state index in [0.717, 1.165) is 11.0 Å². The van der Waals surface area contributed by atoms with Crippen molar-refractivity contribution in [2.24, 2.45) is 17.8 Å². The fourth-order valence-corrected chi connectivity index (χ4v) is 6.95. The van der Waals surface area contributed by atoms with Gasteiger partial charge in [-0.15, -0.1) is 0 Å². The van der Waals surface area contributed by atoms with Crippen LogP contribution in [0.1, 0.15) is 25.2 Å². The molecule has 1 aromatic heterocycles. The highest BCUT2D eigenvalue weighted by atomic mass is 35.5. The number of benzene rings is 3. The van der Waals surface area contributed by atoms with Crippen molar-refractivity contribution in [3.63, 3.8) is 0 Å². The van der Waals surface area contributed by atoms with Crippen LogP contribution in [0.4, 0.5) is 11.4 Å². The van der Waals surface area contributed by atoms with Crippen LogP contribution in [0.25, 0.3) is 16.6 Å². The van der Waals surface area contributed by atoms with Crippen molar-refractivity contribution in [1.82, 2.24) is 14.9 Å². The molecule has 1 N–H and O–H groups in total. The Morgan fingerprint density at radius 3 is 2.50 bits per heavy atom. The highest BCUT2D eigenvalue weighted by Gasteiger charge is 2.70. The lowest BCUT2D eigenvalue weighted by Gasteiger charge is -2.32. The first-order chi connectivity index (χ1) is 19.2. The van der Waals surface area contributed by atoms with E-state index in [-0.39, 0.29) is 22.2 Å². The molecule has 0 bridgehead atoms. The van der Waals surface area contributed by atoms with Gasteiger partial charge in [0.15, 0.2) is 0 Å². The van der Waals surface area contributed by atoms with Crippen molar-refractivity contribution in [2.75, 3.05) is 4.90 Å². The molecule has 0 radical (unpaired) electrons. The van der Waals surface area contributed by atoms with Gasteiger partial charge < -0.3 is 0 Å². The Balaban J connectivity index is 1.51. The number of halogens is 1. The number of rotatable bonds is 3. The number of hydrogen-bond acceptors (Lipinski definition) is 7. The molecule has 40 heavy (non-hydrogen) atoms. The van der Waals surface area contributed by atoms with Gasteiger partial charge >= 0.3 is 0 Å².